The van der Waals surface area contributed by atoms with Crippen molar-refractivity contribution in [3.8, 4) is 0 Å². The summed E-state index contributed by atoms with van der Waals surface area (Å²) < 4.78 is 5.33. The van der Waals surface area contributed by atoms with Crippen molar-refractivity contribution in [3.05, 3.63) is 0 Å². The topological polar surface area (TPSA) is 61.9 Å². The number of carbonyl (C=O) groups is 2. The van der Waals surface area contributed by atoms with Crippen molar-refractivity contribution < 1.29 is 14.3 Å². The minimum absolute atomic E-state index is 0. The van der Waals surface area contributed by atoms with Gasteiger partial charge >= 0.3 is 6.09 Å². The molecule has 2 amide bonds. The van der Waals surface area contributed by atoms with Crippen molar-refractivity contribution in [1.29, 1.82) is 0 Å². The van der Waals surface area contributed by atoms with E-state index in [2.05, 4.69) is 5.32 Å². The molecule has 1 rings (SSSR count). The van der Waals surface area contributed by atoms with Gasteiger partial charge in [0.05, 0.1) is 0 Å². The van der Waals surface area contributed by atoms with E-state index in [-0.39, 0.29) is 18.3 Å². The fourth-order valence-corrected chi connectivity index (χ4v) is 1.76. The fourth-order valence-electron chi connectivity index (χ4n) is 1.76. The molecule has 6 nitrogen and oxygen atoms in total. The zero-order chi connectivity index (χ0) is 13.9. The molecule has 0 radical (unpaired) electrons. The van der Waals surface area contributed by atoms with E-state index < -0.39 is 17.7 Å². The maximum Gasteiger partial charge on any atom is 0.411 e. The van der Waals surface area contributed by atoms with Gasteiger partial charge in [0.25, 0.3) is 0 Å². The van der Waals surface area contributed by atoms with Gasteiger partial charge in [-0.3, -0.25) is 9.69 Å². The van der Waals surface area contributed by atoms with Crippen LogP contribution >= 0.6 is 12.4 Å². The normalized spacial score (nSPS) is 19.4. The molecule has 0 spiro atoms. The van der Waals surface area contributed by atoms with Crippen molar-refractivity contribution in [1.82, 2.24) is 15.1 Å². The number of piperazine rings is 1. The van der Waals surface area contributed by atoms with Crippen LogP contribution in [0.1, 0.15) is 20.8 Å². The van der Waals surface area contributed by atoms with Gasteiger partial charge in [0.2, 0.25) is 5.91 Å². The first-order valence-corrected chi connectivity index (χ1v) is 6.14. The Hall–Kier alpha value is -1.01. The van der Waals surface area contributed by atoms with Crippen LogP contribution in [0, 0.1) is 0 Å². The molecule has 1 aliphatic rings. The average molecular weight is 294 g/mol. The maximum atomic E-state index is 12.1. The molecule has 0 saturated carbocycles. The van der Waals surface area contributed by atoms with E-state index in [0.29, 0.717) is 19.6 Å². The molecule has 1 saturated heterocycles. The third-order valence-corrected chi connectivity index (χ3v) is 2.60. The summed E-state index contributed by atoms with van der Waals surface area (Å²) in [5, 5.41) is 3.12. The van der Waals surface area contributed by atoms with Crippen LogP contribution in [0.3, 0.4) is 0 Å². The Bertz CT molecular complexity index is 329. The summed E-state index contributed by atoms with van der Waals surface area (Å²) >= 11 is 0. The number of carbonyl (C=O) groups excluding carboxylic acids is 2. The van der Waals surface area contributed by atoms with Crippen molar-refractivity contribution in [2.24, 2.45) is 0 Å². The Balaban J connectivity index is 0.00000324. The Morgan fingerprint density at radius 3 is 2.37 bits per heavy atom. The third kappa shape index (κ3) is 5.24. The van der Waals surface area contributed by atoms with Crippen molar-refractivity contribution in [2.45, 2.75) is 32.4 Å². The summed E-state index contributed by atoms with van der Waals surface area (Å²) in [5.74, 6) is -0.0898. The molecule has 112 valence electrons. The summed E-state index contributed by atoms with van der Waals surface area (Å²) in [6.45, 7) is 7.08. The second-order valence-corrected chi connectivity index (χ2v) is 5.63. The number of amides is 2. The average Bonchev–Trinajstić information content (AvgIpc) is 2.25. The van der Waals surface area contributed by atoms with Crippen LogP contribution < -0.4 is 5.32 Å². The first-order valence-electron chi connectivity index (χ1n) is 6.14. The quantitative estimate of drug-likeness (QED) is 0.773. The van der Waals surface area contributed by atoms with Gasteiger partial charge in [0.15, 0.2) is 0 Å². The molecule has 1 aliphatic heterocycles. The van der Waals surface area contributed by atoms with Gasteiger partial charge in [-0.15, -0.1) is 12.4 Å². The number of rotatable bonds is 1. The van der Waals surface area contributed by atoms with Crippen molar-refractivity contribution in [3.63, 3.8) is 0 Å². The summed E-state index contributed by atoms with van der Waals surface area (Å²) in [6.07, 6.45) is -0.427. The fraction of sp³-hybridized carbons (Fsp3) is 0.833. The lowest BCUT2D eigenvalue weighted by Gasteiger charge is -2.37. The Morgan fingerprint density at radius 1 is 1.32 bits per heavy atom. The first kappa shape index (κ1) is 18.0. The lowest BCUT2D eigenvalue weighted by molar-refractivity contribution is -0.134. The third-order valence-electron chi connectivity index (χ3n) is 2.60. The zero-order valence-electron chi connectivity index (χ0n) is 12.2. The monoisotopic (exact) mass is 293 g/mol. The largest absolute Gasteiger partial charge is 0.444 e. The van der Waals surface area contributed by atoms with Gasteiger partial charge in [-0.1, -0.05) is 0 Å². The highest BCUT2D eigenvalue weighted by Gasteiger charge is 2.35. The van der Waals surface area contributed by atoms with E-state index >= 15 is 0 Å². The maximum absolute atomic E-state index is 12.1. The van der Waals surface area contributed by atoms with E-state index in [1.54, 1.807) is 14.1 Å². The van der Waals surface area contributed by atoms with Crippen molar-refractivity contribution in [2.75, 3.05) is 33.7 Å². The van der Waals surface area contributed by atoms with E-state index in [1.165, 1.54) is 9.80 Å². The van der Waals surface area contributed by atoms with Crippen LogP contribution in [0.4, 0.5) is 4.79 Å². The van der Waals surface area contributed by atoms with Crippen LogP contribution in [-0.4, -0.2) is 67.2 Å². The molecule has 0 aromatic heterocycles. The minimum atomic E-state index is -0.548. The summed E-state index contributed by atoms with van der Waals surface area (Å²) in [5.41, 5.74) is -0.548. The Labute approximate surface area is 120 Å². The zero-order valence-corrected chi connectivity index (χ0v) is 13.0. The Morgan fingerprint density at radius 2 is 1.89 bits per heavy atom. The van der Waals surface area contributed by atoms with Gasteiger partial charge in [-0.25, -0.2) is 4.79 Å². The molecule has 1 fully saturated rings. The molecule has 0 bridgehead atoms. The van der Waals surface area contributed by atoms with Crippen LogP contribution in [0.25, 0.3) is 0 Å². The molecule has 0 unspecified atom stereocenters. The first-order chi connectivity index (χ1) is 8.22. The number of likely N-dealkylation sites (N-methyl/N-ethyl adjacent to an activating group) is 1. The molecule has 19 heavy (non-hydrogen) atoms. The number of nitrogens with one attached hydrogen (secondary N) is 1. The highest BCUT2D eigenvalue weighted by atomic mass is 35.5. The molecule has 1 N–H and O–H groups in total. The molecule has 0 aromatic carbocycles. The van der Waals surface area contributed by atoms with Gasteiger partial charge in [0, 0.05) is 33.7 Å². The molecule has 1 atom stereocenters. The lowest BCUT2D eigenvalue weighted by atomic mass is 10.1. The van der Waals surface area contributed by atoms with Crippen LogP contribution in [0.5, 0.6) is 0 Å². The van der Waals surface area contributed by atoms with Gasteiger partial charge in [0.1, 0.15) is 11.6 Å². The van der Waals surface area contributed by atoms with Gasteiger partial charge < -0.3 is 15.0 Å². The molecule has 1 heterocycles. The number of hydrogen-bond acceptors (Lipinski definition) is 4. The smallest absolute Gasteiger partial charge is 0.411 e. The standard InChI is InChI=1S/C12H23N3O3.ClH/c1-12(2,3)18-11(17)15-7-6-13-8-9(15)10(16)14(4)5;/h9,13H,6-8H2,1-5H3;1H/t9-;/m1./s1. The molecular formula is C12H24ClN3O3. The van der Waals surface area contributed by atoms with Gasteiger partial charge in [-0.05, 0) is 20.8 Å². The summed E-state index contributed by atoms with van der Waals surface area (Å²) in [6, 6.07) is -0.483. The predicted molar refractivity (Wildman–Crippen MR) is 75.5 cm³/mol. The van der Waals surface area contributed by atoms with Crippen LogP contribution in [-0.2, 0) is 9.53 Å². The SMILES string of the molecule is CN(C)C(=O)[C@H]1CNCCN1C(=O)OC(C)(C)C.Cl. The van der Waals surface area contributed by atoms with Crippen LogP contribution in [0.2, 0.25) is 0 Å². The molecule has 0 aromatic rings. The van der Waals surface area contributed by atoms with Gasteiger partial charge in [-0.2, -0.15) is 0 Å². The predicted octanol–water partition coefficient (Wildman–Crippen LogP) is 0.705. The highest BCUT2D eigenvalue weighted by Crippen LogP contribution is 2.14. The van der Waals surface area contributed by atoms with Crippen LogP contribution in [0.15, 0.2) is 0 Å². The Kier molecular flexibility index (Phi) is 6.59. The number of halogens is 1. The number of ether oxygens (including phenoxy) is 1. The van der Waals surface area contributed by atoms with E-state index in [0.717, 1.165) is 0 Å². The van der Waals surface area contributed by atoms with Crippen molar-refractivity contribution >= 4 is 24.4 Å². The van der Waals surface area contributed by atoms with E-state index in [4.69, 9.17) is 4.74 Å². The number of hydrogen-bond donors (Lipinski definition) is 1. The van der Waals surface area contributed by atoms with E-state index in [9.17, 15) is 9.59 Å². The highest BCUT2D eigenvalue weighted by molar-refractivity contribution is 5.86. The second kappa shape index (κ2) is 6.96. The van der Waals surface area contributed by atoms with E-state index in [1.807, 2.05) is 20.8 Å². The molecular weight excluding hydrogens is 270 g/mol. The number of nitrogens with zero attached hydrogens (tertiary/aromatic N) is 2. The molecule has 7 heteroatoms. The molecule has 0 aliphatic carbocycles. The summed E-state index contributed by atoms with van der Waals surface area (Å²) in [7, 11) is 3.37. The summed E-state index contributed by atoms with van der Waals surface area (Å²) in [4.78, 5) is 27.1. The lowest BCUT2D eigenvalue weighted by Crippen LogP contribution is -2.60. The minimum Gasteiger partial charge on any atom is -0.444 e. The second-order valence-electron chi connectivity index (χ2n) is 5.63.